The minimum atomic E-state index is -0.428. The first-order valence-electron chi connectivity index (χ1n) is 7.87. The Morgan fingerprint density at radius 2 is 1.96 bits per heavy atom. The summed E-state index contributed by atoms with van der Waals surface area (Å²) in [6, 6.07) is 13.7. The van der Waals surface area contributed by atoms with Crippen LogP contribution >= 0.6 is 0 Å². The van der Waals surface area contributed by atoms with Crippen LogP contribution in [0.4, 0.5) is 0 Å². The van der Waals surface area contributed by atoms with Crippen LogP contribution in [0.5, 0.6) is 5.88 Å². The SMILES string of the molecule is Cc1ccc(-n2nc(C)c3c2OC(N)=C(C#N)[C@H]3c2ccco2)cc1. The Morgan fingerprint density at radius 3 is 2.60 bits per heavy atom. The quantitative estimate of drug-likeness (QED) is 0.777. The second-order valence-electron chi connectivity index (χ2n) is 5.99. The number of rotatable bonds is 2. The van der Waals surface area contributed by atoms with Crippen molar-refractivity contribution in [3.63, 3.8) is 0 Å². The lowest BCUT2D eigenvalue weighted by molar-refractivity contribution is 0.360. The molecule has 0 saturated heterocycles. The van der Waals surface area contributed by atoms with Crippen molar-refractivity contribution in [1.82, 2.24) is 9.78 Å². The minimum absolute atomic E-state index is 0.0738. The van der Waals surface area contributed by atoms with Crippen molar-refractivity contribution in [2.75, 3.05) is 0 Å². The van der Waals surface area contributed by atoms with Gasteiger partial charge in [0.2, 0.25) is 11.8 Å². The van der Waals surface area contributed by atoms with Gasteiger partial charge in [-0.3, -0.25) is 0 Å². The van der Waals surface area contributed by atoms with Crippen LogP contribution in [-0.4, -0.2) is 9.78 Å². The van der Waals surface area contributed by atoms with Crippen LogP contribution in [0, 0.1) is 25.2 Å². The van der Waals surface area contributed by atoms with Gasteiger partial charge in [-0.15, -0.1) is 0 Å². The Kier molecular flexibility index (Phi) is 3.36. The van der Waals surface area contributed by atoms with Gasteiger partial charge in [0, 0.05) is 0 Å². The van der Waals surface area contributed by atoms with Gasteiger partial charge in [0.05, 0.1) is 29.1 Å². The Morgan fingerprint density at radius 1 is 1.20 bits per heavy atom. The molecule has 0 radical (unpaired) electrons. The van der Waals surface area contributed by atoms with Crippen LogP contribution in [0.15, 0.2) is 58.5 Å². The average molecular weight is 332 g/mol. The number of nitrogens with zero attached hydrogens (tertiary/aromatic N) is 3. The van der Waals surface area contributed by atoms with Crippen LogP contribution in [0.3, 0.4) is 0 Å². The molecule has 0 spiro atoms. The maximum absolute atomic E-state index is 9.56. The number of benzene rings is 1. The summed E-state index contributed by atoms with van der Waals surface area (Å²) < 4.78 is 13.1. The van der Waals surface area contributed by atoms with Gasteiger partial charge in [0.1, 0.15) is 17.4 Å². The Labute approximate surface area is 144 Å². The topological polar surface area (TPSA) is 90.0 Å². The molecular formula is C19H16N4O2. The van der Waals surface area contributed by atoms with Crippen LogP contribution in [0.25, 0.3) is 5.69 Å². The highest BCUT2D eigenvalue weighted by molar-refractivity contribution is 5.55. The number of hydrogen-bond donors (Lipinski definition) is 1. The molecule has 0 unspecified atom stereocenters. The number of fused-ring (bicyclic) bond motifs is 1. The lowest BCUT2D eigenvalue weighted by Gasteiger charge is -2.23. The van der Waals surface area contributed by atoms with Crippen molar-refractivity contribution in [2.24, 2.45) is 5.73 Å². The van der Waals surface area contributed by atoms with Gasteiger partial charge in [-0.2, -0.15) is 10.4 Å². The van der Waals surface area contributed by atoms with E-state index in [1.165, 1.54) is 0 Å². The molecule has 6 nitrogen and oxygen atoms in total. The predicted octanol–water partition coefficient (Wildman–Crippen LogP) is 3.30. The highest BCUT2D eigenvalue weighted by Crippen LogP contribution is 2.44. The third-order valence-corrected chi connectivity index (χ3v) is 4.34. The van der Waals surface area contributed by atoms with E-state index >= 15 is 0 Å². The molecule has 0 amide bonds. The molecule has 124 valence electrons. The lowest BCUT2D eigenvalue weighted by atomic mass is 9.88. The largest absolute Gasteiger partial charge is 0.468 e. The molecule has 1 aliphatic rings. The molecule has 25 heavy (non-hydrogen) atoms. The molecule has 3 heterocycles. The number of hydrogen-bond acceptors (Lipinski definition) is 5. The molecule has 1 aliphatic heterocycles. The highest BCUT2D eigenvalue weighted by atomic mass is 16.5. The summed E-state index contributed by atoms with van der Waals surface area (Å²) in [5.74, 6) is 0.794. The van der Waals surface area contributed by atoms with Crippen molar-refractivity contribution >= 4 is 0 Å². The summed E-state index contributed by atoms with van der Waals surface area (Å²) in [4.78, 5) is 0. The van der Waals surface area contributed by atoms with Gasteiger partial charge in [0.15, 0.2) is 0 Å². The zero-order valence-corrected chi connectivity index (χ0v) is 13.9. The van der Waals surface area contributed by atoms with E-state index in [4.69, 9.17) is 14.9 Å². The van der Waals surface area contributed by atoms with Crippen molar-refractivity contribution in [2.45, 2.75) is 19.8 Å². The fourth-order valence-electron chi connectivity index (χ4n) is 3.12. The van der Waals surface area contributed by atoms with Gasteiger partial charge in [-0.1, -0.05) is 17.7 Å². The molecule has 2 N–H and O–H groups in total. The standard InChI is InChI=1S/C19H16N4O2/c1-11-5-7-13(8-6-11)23-19-16(12(2)22-23)17(15-4-3-9-24-15)14(10-20)18(21)25-19/h3-9,17H,21H2,1-2H3/t17-/m0/s1. The predicted molar refractivity (Wildman–Crippen MR) is 91.0 cm³/mol. The van der Waals surface area contributed by atoms with E-state index in [9.17, 15) is 5.26 Å². The molecule has 0 aliphatic carbocycles. The molecular weight excluding hydrogens is 316 g/mol. The molecule has 6 heteroatoms. The Hall–Kier alpha value is -3.46. The molecule has 2 aromatic heterocycles. The number of allylic oxidation sites excluding steroid dienone is 1. The third-order valence-electron chi connectivity index (χ3n) is 4.34. The summed E-state index contributed by atoms with van der Waals surface area (Å²) in [6.07, 6.45) is 1.58. The van der Waals surface area contributed by atoms with E-state index < -0.39 is 5.92 Å². The smallest absolute Gasteiger partial charge is 0.229 e. The van der Waals surface area contributed by atoms with E-state index in [1.807, 2.05) is 44.2 Å². The van der Waals surface area contributed by atoms with Crippen LogP contribution in [-0.2, 0) is 0 Å². The second-order valence-corrected chi connectivity index (χ2v) is 5.99. The molecule has 1 atom stereocenters. The Balaban J connectivity index is 1.94. The van der Waals surface area contributed by atoms with Crippen LogP contribution in [0.2, 0.25) is 0 Å². The molecule has 0 fully saturated rings. The maximum atomic E-state index is 9.56. The monoisotopic (exact) mass is 332 g/mol. The van der Waals surface area contributed by atoms with Gasteiger partial charge >= 0.3 is 0 Å². The zero-order chi connectivity index (χ0) is 17.6. The first kappa shape index (κ1) is 15.1. The van der Waals surface area contributed by atoms with E-state index in [-0.39, 0.29) is 5.88 Å². The summed E-state index contributed by atoms with van der Waals surface area (Å²) in [7, 11) is 0. The van der Waals surface area contributed by atoms with Crippen molar-refractivity contribution in [1.29, 1.82) is 5.26 Å². The summed E-state index contributed by atoms with van der Waals surface area (Å²) in [6.45, 7) is 3.91. The van der Waals surface area contributed by atoms with Gasteiger partial charge in [0.25, 0.3) is 0 Å². The molecule has 0 bridgehead atoms. The van der Waals surface area contributed by atoms with E-state index in [1.54, 1.807) is 17.0 Å². The Bertz CT molecular complexity index is 1010. The van der Waals surface area contributed by atoms with Crippen LogP contribution < -0.4 is 10.5 Å². The van der Waals surface area contributed by atoms with Gasteiger partial charge in [-0.25, -0.2) is 4.68 Å². The molecule has 1 aromatic carbocycles. The number of furan rings is 1. The number of aromatic nitrogens is 2. The fraction of sp³-hybridized carbons (Fsp3) is 0.158. The summed E-state index contributed by atoms with van der Waals surface area (Å²) in [5.41, 5.74) is 9.93. The molecule has 3 aromatic rings. The minimum Gasteiger partial charge on any atom is -0.468 e. The molecule has 4 rings (SSSR count). The third kappa shape index (κ3) is 2.29. The van der Waals surface area contributed by atoms with Crippen molar-refractivity contribution < 1.29 is 9.15 Å². The number of ether oxygens (including phenoxy) is 1. The van der Waals surface area contributed by atoms with E-state index in [0.717, 1.165) is 22.5 Å². The summed E-state index contributed by atoms with van der Waals surface area (Å²) >= 11 is 0. The summed E-state index contributed by atoms with van der Waals surface area (Å²) in [5, 5.41) is 14.2. The van der Waals surface area contributed by atoms with E-state index in [2.05, 4.69) is 11.2 Å². The second kappa shape index (κ2) is 5.56. The maximum Gasteiger partial charge on any atom is 0.229 e. The fourth-order valence-corrected chi connectivity index (χ4v) is 3.12. The highest BCUT2D eigenvalue weighted by Gasteiger charge is 2.37. The number of aryl methyl sites for hydroxylation is 2. The molecule has 0 saturated carbocycles. The number of nitrogens with two attached hydrogens (primary N) is 1. The van der Waals surface area contributed by atoms with Gasteiger partial charge in [-0.05, 0) is 38.1 Å². The lowest BCUT2D eigenvalue weighted by Crippen LogP contribution is -2.21. The zero-order valence-electron chi connectivity index (χ0n) is 13.9. The average Bonchev–Trinajstić information content (AvgIpc) is 3.23. The number of nitriles is 1. The van der Waals surface area contributed by atoms with Crippen LogP contribution in [0.1, 0.15) is 28.5 Å². The van der Waals surface area contributed by atoms with E-state index in [0.29, 0.717) is 17.2 Å². The first-order valence-corrected chi connectivity index (χ1v) is 7.87. The van der Waals surface area contributed by atoms with Crippen molar-refractivity contribution in [3.05, 3.63) is 76.7 Å². The normalized spacial score (nSPS) is 16.3. The first-order chi connectivity index (χ1) is 12.1. The van der Waals surface area contributed by atoms with Crippen molar-refractivity contribution in [3.8, 4) is 17.6 Å². The van der Waals surface area contributed by atoms with Gasteiger partial charge < -0.3 is 14.9 Å².